The third-order valence-electron chi connectivity index (χ3n) is 13.6. The summed E-state index contributed by atoms with van der Waals surface area (Å²) in [7, 11) is 0. The molecule has 1 heteroatoms. The van der Waals surface area contributed by atoms with Crippen LogP contribution in [0, 0.1) is 0 Å². The molecule has 0 aromatic heterocycles. The van der Waals surface area contributed by atoms with Crippen molar-refractivity contribution in [3.63, 3.8) is 0 Å². The van der Waals surface area contributed by atoms with Crippen LogP contribution in [-0.4, -0.2) is 0 Å². The fraction of sp³-hybridized carbons (Fsp3) is 0.0154. The van der Waals surface area contributed by atoms with E-state index in [2.05, 4.69) is 278 Å². The van der Waals surface area contributed by atoms with Crippen LogP contribution in [-0.2, 0) is 5.41 Å². The highest BCUT2D eigenvalue weighted by Gasteiger charge is 2.46. The lowest BCUT2D eigenvalue weighted by atomic mass is 9.67. The zero-order valence-electron chi connectivity index (χ0n) is 36.4. The minimum Gasteiger partial charge on any atom is -0.311 e. The molecule has 0 N–H and O–H groups in total. The molecule has 0 fully saturated rings. The third-order valence-corrected chi connectivity index (χ3v) is 13.6. The van der Waals surface area contributed by atoms with Gasteiger partial charge in [0.05, 0.1) is 5.41 Å². The predicted molar refractivity (Wildman–Crippen MR) is 278 cm³/mol. The van der Waals surface area contributed by atoms with E-state index in [4.69, 9.17) is 0 Å². The van der Waals surface area contributed by atoms with Crippen molar-refractivity contribution in [2.24, 2.45) is 0 Å². The molecule has 0 spiro atoms. The number of nitrogens with zero attached hydrogens (tertiary/aromatic N) is 1. The molecule has 66 heavy (non-hydrogen) atoms. The van der Waals surface area contributed by atoms with Crippen LogP contribution >= 0.6 is 0 Å². The number of anilines is 3. The molecule has 11 aromatic rings. The maximum atomic E-state index is 2.35. The number of hydrogen-bond acceptors (Lipinski definition) is 1. The molecular formula is C65H45N. The van der Waals surface area contributed by atoms with Crippen LogP contribution in [0.2, 0.25) is 0 Å². The van der Waals surface area contributed by atoms with Crippen molar-refractivity contribution in [2.75, 3.05) is 4.90 Å². The molecule has 1 aliphatic rings. The molecule has 0 amide bonds. The molecule has 1 aliphatic carbocycles. The summed E-state index contributed by atoms with van der Waals surface area (Å²) in [6.45, 7) is 0. The molecule has 0 unspecified atom stereocenters. The van der Waals surface area contributed by atoms with Gasteiger partial charge in [0, 0.05) is 17.1 Å². The van der Waals surface area contributed by atoms with Crippen molar-refractivity contribution in [3.8, 4) is 55.6 Å². The van der Waals surface area contributed by atoms with E-state index in [1.165, 1.54) is 88.7 Å². The average Bonchev–Trinajstić information content (AvgIpc) is 3.71. The molecule has 1 nitrogen and oxygen atoms in total. The quantitative estimate of drug-likeness (QED) is 0.140. The van der Waals surface area contributed by atoms with Crippen LogP contribution in [0.4, 0.5) is 17.1 Å². The predicted octanol–water partition coefficient (Wildman–Crippen LogP) is 17.3. The Kier molecular flexibility index (Phi) is 9.81. The number of hydrogen-bond donors (Lipinski definition) is 0. The van der Waals surface area contributed by atoms with Gasteiger partial charge in [-0.25, -0.2) is 0 Å². The standard InChI is InChI=1S/C65H45N/c1-4-20-55(21-5-1)65(56-22-6-2-7-23-56)62-28-13-12-26-61(62)64-60(27-15-29-63(64)65)50-38-42-59(43-39-50)66(57-24-8-3-9-25-57)58-40-36-48(37-41-58)47-30-32-49(33-31-47)52-18-14-19-53(44-52)54-35-34-46-16-10-11-17-51(46)45-54/h1-45H. The van der Waals surface area contributed by atoms with E-state index in [0.29, 0.717) is 0 Å². The summed E-state index contributed by atoms with van der Waals surface area (Å²) in [5.74, 6) is 0. The summed E-state index contributed by atoms with van der Waals surface area (Å²) < 4.78 is 0. The van der Waals surface area contributed by atoms with Crippen molar-refractivity contribution in [1.82, 2.24) is 0 Å². The highest BCUT2D eigenvalue weighted by Crippen LogP contribution is 2.58. The summed E-state index contributed by atoms with van der Waals surface area (Å²) in [5, 5.41) is 2.52. The van der Waals surface area contributed by atoms with Crippen molar-refractivity contribution in [1.29, 1.82) is 0 Å². The van der Waals surface area contributed by atoms with Crippen LogP contribution in [0.1, 0.15) is 22.3 Å². The minimum atomic E-state index is -0.437. The van der Waals surface area contributed by atoms with E-state index in [9.17, 15) is 0 Å². The van der Waals surface area contributed by atoms with Gasteiger partial charge in [0.15, 0.2) is 0 Å². The fourth-order valence-electron chi connectivity index (χ4n) is 10.5. The molecule has 12 rings (SSSR count). The van der Waals surface area contributed by atoms with Crippen LogP contribution in [0.25, 0.3) is 66.4 Å². The normalized spacial score (nSPS) is 12.4. The molecule has 0 atom stereocenters. The zero-order chi connectivity index (χ0) is 43.9. The van der Waals surface area contributed by atoms with Gasteiger partial charge in [-0.15, -0.1) is 0 Å². The summed E-state index contributed by atoms with van der Waals surface area (Å²) >= 11 is 0. The largest absolute Gasteiger partial charge is 0.311 e. The maximum absolute atomic E-state index is 2.35. The molecule has 0 saturated carbocycles. The first kappa shape index (κ1) is 39.1. The van der Waals surface area contributed by atoms with Crippen LogP contribution in [0.3, 0.4) is 0 Å². The van der Waals surface area contributed by atoms with Gasteiger partial charge in [0.25, 0.3) is 0 Å². The Labute approximate surface area is 387 Å². The summed E-state index contributed by atoms with van der Waals surface area (Å²) in [5.41, 5.74) is 20.3. The Hall–Kier alpha value is -8.52. The minimum absolute atomic E-state index is 0.437. The molecule has 310 valence electrons. The van der Waals surface area contributed by atoms with E-state index in [-0.39, 0.29) is 0 Å². The van der Waals surface area contributed by atoms with Crippen molar-refractivity contribution in [3.05, 3.63) is 295 Å². The smallest absolute Gasteiger partial charge is 0.0713 e. The Bertz CT molecular complexity index is 3440. The van der Waals surface area contributed by atoms with E-state index in [1.54, 1.807) is 0 Å². The fourth-order valence-corrected chi connectivity index (χ4v) is 10.5. The monoisotopic (exact) mass is 839 g/mol. The summed E-state index contributed by atoms with van der Waals surface area (Å²) in [6, 6.07) is 99.8. The van der Waals surface area contributed by atoms with Crippen LogP contribution < -0.4 is 4.90 Å². The van der Waals surface area contributed by atoms with Gasteiger partial charge in [-0.2, -0.15) is 0 Å². The van der Waals surface area contributed by atoms with Gasteiger partial charge in [-0.3, -0.25) is 0 Å². The number of fused-ring (bicyclic) bond motifs is 4. The number of para-hydroxylation sites is 1. The Balaban J connectivity index is 0.861. The molecule has 11 aromatic carbocycles. The van der Waals surface area contributed by atoms with Crippen molar-refractivity contribution >= 4 is 27.8 Å². The van der Waals surface area contributed by atoms with Gasteiger partial charge in [-0.1, -0.05) is 224 Å². The zero-order valence-corrected chi connectivity index (χ0v) is 36.4. The van der Waals surface area contributed by atoms with Crippen LogP contribution in [0.5, 0.6) is 0 Å². The second kappa shape index (κ2) is 16.6. The molecule has 0 heterocycles. The van der Waals surface area contributed by atoms with Gasteiger partial charge in [-0.05, 0) is 137 Å². The highest BCUT2D eigenvalue weighted by atomic mass is 15.1. The van der Waals surface area contributed by atoms with E-state index in [0.717, 1.165) is 17.1 Å². The molecular weight excluding hydrogens is 795 g/mol. The maximum Gasteiger partial charge on any atom is 0.0713 e. The summed E-state index contributed by atoms with van der Waals surface area (Å²) in [4.78, 5) is 2.35. The van der Waals surface area contributed by atoms with Crippen molar-refractivity contribution in [2.45, 2.75) is 5.41 Å². The van der Waals surface area contributed by atoms with Gasteiger partial charge in [0.1, 0.15) is 0 Å². The van der Waals surface area contributed by atoms with Gasteiger partial charge in [0.2, 0.25) is 0 Å². The molecule has 0 saturated heterocycles. The topological polar surface area (TPSA) is 3.24 Å². The number of benzene rings is 11. The number of rotatable bonds is 9. The molecule has 0 radical (unpaired) electrons. The van der Waals surface area contributed by atoms with E-state index in [1.807, 2.05) is 0 Å². The van der Waals surface area contributed by atoms with Crippen LogP contribution in [0.15, 0.2) is 273 Å². The second-order valence-corrected chi connectivity index (χ2v) is 17.2. The first-order valence-corrected chi connectivity index (χ1v) is 22.8. The van der Waals surface area contributed by atoms with Gasteiger partial charge >= 0.3 is 0 Å². The lowest BCUT2D eigenvalue weighted by Crippen LogP contribution is -2.28. The first-order valence-electron chi connectivity index (χ1n) is 22.8. The Morgan fingerprint density at radius 3 is 1.32 bits per heavy atom. The Morgan fingerprint density at radius 1 is 0.242 bits per heavy atom. The summed E-state index contributed by atoms with van der Waals surface area (Å²) in [6.07, 6.45) is 0. The SMILES string of the molecule is c1ccc(N(c2ccc(-c3ccc(-c4cccc(-c5ccc6ccccc6c5)c4)cc3)cc2)c2ccc(-c3cccc4c3-c3ccccc3C4(c3ccccc3)c3ccccc3)cc2)cc1. The van der Waals surface area contributed by atoms with E-state index < -0.39 is 5.41 Å². The van der Waals surface area contributed by atoms with Gasteiger partial charge < -0.3 is 4.90 Å². The third kappa shape index (κ3) is 6.73. The Morgan fingerprint density at radius 2 is 0.667 bits per heavy atom. The molecule has 0 aliphatic heterocycles. The highest BCUT2D eigenvalue weighted by molar-refractivity contribution is 5.96. The van der Waals surface area contributed by atoms with Crippen molar-refractivity contribution < 1.29 is 0 Å². The lowest BCUT2D eigenvalue weighted by molar-refractivity contribution is 0.768. The lowest BCUT2D eigenvalue weighted by Gasteiger charge is -2.34. The van der Waals surface area contributed by atoms with E-state index >= 15 is 0 Å². The first-order chi connectivity index (χ1) is 32.7. The molecule has 0 bridgehead atoms. The second-order valence-electron chi connectivity index (χ2n) is 17.2. The average molecular weight is 840 g/mol.